The van der Waals surface area contributed by atoms with E-state index in [0.717, 1.165) is 11.1 Å². The molecule has 0 saturated carbocycles. The lowest BCUT2D eigenvalue weighted by Crippen LogP contribution is -2.13. The number of benzene rings is 2. The number of pyridine rings is 1. The quantitative estimate of drug-likeness (QED) is 0.397. The second-order valence-corrected chi connectivity index (χ2v) is 8.57. The standard InChI is InChI=1S/C27H24N2O6/c1-13-9-14(2)11-16(10-13)23-22(27(34)35-4)15(3)28-25-19-12-17(29-20(30)7-8-21(31)32)5-6-18(19)26(33)24(23)25/h5-6,9-12H,7-8H2,1-4H3,(H,29,30)(H,31,32). The van der Waals surface area contributed by atoms with E-state index in [1.54, 1.807) is 25.1 Å². The Labute approximate surface area is 202 Å². The maximum Gasteiger partial charge on any atom is 0.340 e. The Morgan fingerprint density at radius 2 is 1.63 bits per heavy atom. The van der Waals surface area contributed by atoms with Crippen LogP contribution in [0.5, 0.6) is 0 Å². The number of rotatable bonds is 6. The van der Waals surface area contributed by atoms with Crippen molar-refractivity contribution in [3.05, 3.63) is 69.9 Å². The fourth-order valence-corrected chi connectivity index (χ4v) is 4.47. The molecule has 1 aliphatic rings. The van der Waals surface area contributed by atoms with E-state index in [1.165, 1.54) is 7.11 Å². The second kappa shape index (κ2) is 9.13. The molecule has 35 heavy (non-hydrogen) atoms. The molecular formula is C27H24N2O6. The highest BCUT2D eigenvalue weighted by molar-refractivity contribution is 6.26. The fourth-order valence-electron chi connectivity index (χ4n) is 4.47. The van der Waals surface area contributed by atoms with Crippen LogP contribution in [0.2, 0.25) is 0 Å². The summed E-state index contributed by atoms with van der Waals surface area (Å²) in [6, 6.07) is 10.7. The van der Waals surface area contributed by atoms with Crippen LogP contribution in [0.3, 0.4) is 0 Å². The maximum atomic E-state index is 13.6. The van der Waals surface area contributed by atoms with Gasteiger partial charge >= 0.3 is 11.9 Å². The van der Waals surface area contributed by atoms with Crippen LogP contribution >= 0.6 is 0 Å². The van der Waals surface area contributed by atoms with Gasteiger partial charge in [0.25, 0.3) is 0 Å². The van der Waals surface area contributed by atoms with Crippen molar-refractivity contribution < 1.29 is 29.0 Å². The normalized spacial score (nSPS) is 11.6. The van der Waals surface area contributed by atoms with Crippen molar-refractivity contribution in [1.29, 1.82) is 0 Å². The molecule has 0 unspecified atom stereocenters. The summed E-state index contributed by atoms with van der Waals surface area (Å²) in [7, 11) is 1.29. The van der Waals surface area contributed by atoms with Crippen LogP contribution in [0.15, 0.2) is 36.4 Å². The molecule has 1 heterocycles. The van der Waals surface area contributed by atoms with Gasteiger partial charge in [-0.1, -0.05) is 29.3 Å². The minimum absolute atomic E-state index is 0.168. The number of nitrogens with one attached hydrogen (secondary N) is 1. The summed E-state index contributed by atoms with van der Waals surface area (Å²) < 4.78 is 5.03. The number of carboxylic acids is 1. The number of aliphatic carboxylic acids is 1. The number of carboxylic acid groups (broad SMARTS) is 1. The van der Waals surface area contributed by atoms with Crippen molar-refractivity contribution >= 4 is 29.3 Å². The second-order valence-electron chi connectivity index (χ2n) is 8.57. The average Bonchev–Trinajstić information content (AvgIpc) is 3.06. The Hall–Kier alpha value is -4.33. The highest BCUT2D eigenvalue weighted by Gasteiger charge is 2.35. The molecule has 178 valence electrons. The molecule has 0 spiro atoms. The lowest BCUT2D eigenvalue weighted by molar-refractivity contribution is -0.138. The summed E-state index contributed by atoms with van der Waals surface area (Å²) in [5, 5.41) is 11.5. The summed E-state index contributed by atoms with van der Waals surface area (Å²) in [4.78, 5) is 53.9. The number of carbonyl (C=O) groups excluding carboxylic acids is 3. The number of esters is 1. The van der Waals surface area contributed by atoms with Gasteiger partial charge in [-0.2, -0.15) is 0 Å². The van der Waals surface area contributed by atoms with E-state index >= 15 is 0 Å². The van der Waals surface area contributed by atoms with Crippen LogP contribution < -0.4 is 5.32 Å². The van der Waals surface area contributed by atoms with Crippen LogP contribution in [-0.4, -0.2) is 40.8 Å². The smallest absolute Gasteiger partial charge is 0.340 e. The highest BCUT2D eigenvalue weighted by Crippen LogP contribution is 2.44. The van der Waals surface area contributed by atoms with Gasteiger partial charge in [0.05, 0.1) is 36.0 Å². The largest absolute Gasteiger partial charge is 0.481 e. The molecule has 8 heteroatoms. The van der Waals surface area contributed by atoms with E-state index in [4.69, 9.17) is 9.84 Å². The summed E-state index contributed by atoms with van der Waals surface area (Å²) >= 11 is 0. The Kier molecular flexibility index (Phi) is 6.22. The van der Waals surface area contributed by atoms with Crippen molar-refractivity contribution in [2.75, 3.05) is 12.4 Å². The summed E-state index contributed by atoms with van der Waals surface area (Å²) in [6.45, 7) is 5.58. The van der Waals surface area contributed by atoms with E-state index in [0.29, 0.717) is 44.9 Å². The first-order valence-electron chi connectivity index (χ1n) is 11.0. The summed E-state index contributed by atoms with van der Waals surface area (Å²) in [6.07, 6.45) is -0.451. The van der Waals surface area contributed by atoms with Crippen molar-refractivity contribution in [3.8, 4) is 22.4 Å². The van der Waals surface area contributed by atoms with Crippen molar-refractivity contribution in [2.45, 2.75) is 33.6 Å². The zero-order chi connectivity index (χ0) is 25.4. The van der Waals surface area contributed by atoms with E-state index in [9.17, 15) is 19.2 Å². The number of aryl methyl sites for hydroxylation is 3. The number of anilines is 1. The molecular weight excluding hydrogens is 448 g/mol. The highest BCUT2D eigenvalue weighted by atomic mass is 16.5. The Morgan fingerprint density at radius 3 is 2.26 bits per heavy atom. The van der Waals surface area contributed by atoms with Crippen molar-refractivity contribution in [3.63, 3.8) is 0 Å². The van der Waals surface area contributed by atoms with Gasteiger partial charge in [0.1, 0.15) is 0 Å². The average molecular weight is 472 g/mol. The van der Waals surface area contributed by atoms with E-state index in [1.807, 2.05) is 32.0 Å². The van der Waals surface area contributed by atoms with Gasteiger partial charge in [0.2, 0.25) is 5.91 Å². The predicted octanol–water partition coefficient (Wildman–Crippen LogP) is 4.48. The molecule has 0 fully saturated rings. The third-order valence-corrected chi connectivity index (χ3v) is 5.87. The van der Waals surface area contributed by atoms with Crippen LogP contribution in [0, 0.1) is 20.8 Å². The minimum Gasteiger partial charge on any atom is -0.481 e. The Balaban J connectivity index is 1.90. The van der Waals surface area contributed by atoms with Gasteiger partial charge in [-0.3, -0.25) is 19.4 Å². The number of methoxy groups -OCH3 is 1. The molecule has 0 bridgehead atoms. The van der Waals surface area contributed by atoms with Gasteiger partial charge in [0.15, 0.2) is 5.78 Å². The minimum atomic E-state index is -1.06. The Morgan fingerprint density at radius 1 is 0.943 bits per heavy atom. The van der Waals surface area contributed by atoms with Gasteiger partial charge in [-0.05, 0) is 44.5 Å². The van der Waals surface area contributed by atoms with Crippen LogP contribution in [0.4, 0.5) is 5.69 Å². The van der Waals surface area contributed by atoms with Gasteiger partial charge in [-0.15, -0.1) is 0 Å². The van der Waals surface area contributed by atoms with Crippen molar-refractivity contribution in [2.24, 2.45) is 0 Å². The zero-order valence-corrected chi connectivity index (χ0v) is 19.8. The number of ether oxygens (including phenoxy) is 1. The molecule has 1 aromatic heterocycles. The van der Waals surface area contributed by atoms with Crippen LogP contribution in [-0.2, 0) is 14.3 Å². The van der Waals surface area contributed by atoms with Gasteiger partial charge in [0, 0.05) is 28.8 Å². The zero-order valence-electron chi connectivity index (χ0n) is 19.8. The molecule has 0 saturated heterocycles. The molecule has 0 atom stereocenters. The predicted molar refractivity (Wildman–Crippen MR) is 130 cm³/mol. The summed E-state index contributed by atoms with van der Waals surface area (Å²) in [5.41, 5.74) is 5.89. The molecule has 8 nitrogen and oxygen atoms in total. The number of amides is 1. The van der Waals surface area contributed by atoms with Gasteiger partial charge < -0.3 is 15.2 Å². The molecule has 1 aliphatic carbocycles. The SMILES string of the molecule is COC(=O)c1c(C)nc2c(c1-c1cc(C)cc(C)c1)C(=O)c1ccc(NC(=O)CCC(=O)O)cc1-2. The molecule has 1 amide bonds. The van der Waals surface area contributed by atoms with Crippen LogP contribution in [0.25, 0.3) is 22.4 Å². The molecule has 4 rings (SSSR count). The Bertz CT molecular complexity index is 1400. The van der Waals surface area contributed by atoms with Crippen LogP contribution in [0.1, 0.15) is 55.9 Å². The van der Waals surface area contributed by atoms with E-state index < -0.39 is 17.8 Å². The molecule has 2 N–H and O–H groups in total. The molecule has 3 aromatic rings. The molecule has 0 radical (unpaired) electrons. The maximum absolute atomic E-state index is 13.6. The summed E-state index contributed by atoms with van der Waals surface area (Å²) in [5.74, 6) is -2.36. The number of fused-ring (bicyclic) bond motifs is 3. The molecule has 0 aliphatic heterocycles. The third kappa shape index (κ3) is 4.42. The topological polar surface area (TPSA) is 123 Å². The number of nitrogens with zero attached hydrogens (tertiary/aromatic N) is 1. The number of ketones is 1. The third-order valence-electron chi connectivity index (χ3n) is 5.87. The first kappa shape index (κ1) is 23.8. The van der Waals surface area contributed by atoms with E-state index in [2.05, 4.69) is 10.3 Å². The lowest BCUT2D eigenvalue weighted by Gasteiger charge is -2.16. The van der Waals surface area contributed by atoms with Gasteiger partial charge in [-0.25, -0.2) is 4.79 Å². The van der Waals surface area contributed by atoms with Crippen molar-refractivity contribution in [1.82, 2.24) is 4.98 Å². The number of carbonyl (C=O) groups is 4. The lowest BCUT2D eigenvalue weighted by atomic mass is 9.90. The first-order valence-corrected chi connectivity index (χ1v) is 11.0. The first-order chi connectivity index (χ1) is 16.6. The number of aromatic nitrogens is 1. The van der Waals surface area contributed by atoms with E-state index in [-0.39, 0.29) is 24.2 Å². The fraction of sp³-hybridized carbons (Fsp3) is 0.222. The number of hydrogen-bond donors (Lipinski definition) is 2. The monoisotopic (exact) mass is 472 g/mol. The number of hydrogen-bond acceptors (Lipinski definition) is 6. The molecule has 2 aromatic carbocycles.